The lowest BCUT2D eigenvalue weighted by atomic mass is 9.96. The molecule has 0 atom stereocenters. The van der Waals surface area contributed by atoms with Gasteiger partial charge in [0, 0.05) is 28.9 Å². The van der Waals surface area contributed by atoms with Crippen molar-refractivity contribution in [1.82, 2.24) is 0 Å². The summed E-state index contributed by atoms with van der Waals surface area (Å²) in [6, 6.07) is 7.49. The Hall–Kier alpha value is -1.40. The molecule has 0 spiro atoms. The van der Waals surface area contributed by atoms with Crippen molar-refractivity contribution in [2.45, 2.75) is 12.8 Å². The molecule has 1 saturated heterocycles. The third-order valence-electron chi connectivity index (χ3n) is 3.63. The zero-order valence-corrected chi connectivity index (χ0v) is 12.8. The van der Waals surface area contributed by atoms with Gasteiger partial charge in [-0.15, -0.1) is 0 Å². The molecule has 4 N–H and O–H groups in total. The van der Waals surface area contributed by atoms with Crippen LogP contribution in [-0.4, -0.2) is 31.4 Å². The molecule has 0 aliphatic carbocycles. The zero-order valence-electron chi connectivity index (χ0n) is 11.2. The highest BCUT2D eigenvalue weighted by atomic mass is 79.9. The minimum Gasteiger partial charge on any atom is -0.369 e. The first kappa shape index (κ1) is 15.0. The number of carbonyl (C=O) groups excluding carboxylic acids is 2. The van der Waals surface area contributed by atoms with E-state index in [2.05, 4.69) is 21.2 Å². The summed E-state index contributed by atoms with van der Waals surface area (Å²) in [4.78, 5) is 24.2. The Bertz CT molecular complexity index is 482. The first-order chi connectivity index (χ1) is 9.54. The molecule has 0 unspecified atom stereocenters. The number of anilines is 1. The highest BCUT2D eigenvalue weighted by Gasteiger charge is 2.26. The van der Waals surface area contributed by atoms with Gasteiger partial charge in [0.25, 0.3) is 5.91 Å². The summed E-state index contributed by atoms with van der Waals surface area (Å²) in [5.74, 6) is -0.239. The SMILES string of the molecule is NC(=O)C1CC[NH+](CC(=O)Nc2ccc(Br)cc2)CC1. The summed E-state index contributed by atoms with van der Waals surface area (Å²) in [6.45, 7) is 2.07. The maximum absolute atomic E-state index is 11.9. The van der Waals surface area contributed by atoms with Crippen LogP contribution in [0.4, 0.5) is 5.69 Å². The molecule has 108 valence electrons. The summed E-state index contributed by atoms with van der Waals surface area (Å²) in [5.41, 5.74) is 6.09. The second-order valence-electron chi connectivity index (χ2n) is 5.16. The number of nitrogens with two attached hydrogens (primary N) is 1. The van der Waals surface area contributed by atoms with Gasteiger partial charge in [-0.1, -0.05) is 15.9 Å². The van der Waals surface area contributed by atoms with E-state index in [1.165, 1.54) is 4.90 Å². The Balaban J connectivity index is 1.78. The lowest BCUT2D eigenvalue weighted by molar-refractivity contribution is -0.897. The van der Waals surface area contributed by atoms with Crippen LogP contribution in [0.1, 0.15) is 12.8 Å². The van der Waals surface area contributed by atoms with Crippen LogP contribution in [0.2, 0.25) is 0 Å². The lowest BCUT2D eigenvalue weighted by Gasteiger charge is -2.27. The van der Waals surface area contributed by atoms with Crippen molar-refractivity contribution in [1.29, 1.82) is 0 Å². The molecule has 6 heteroatoms. The number of hydrogen-bond acceptors (Lipinski definition) is 2. The van der Waals surface area contributed by atoms with Crippen molar-refractivity contribution < 1.29 is 14.5 Å². The fourth-order valence-corrected chi connectivity index (χ4v) is 2.72. The third kappa shape index (κ3) is 4.31. The van der Waals surface area contributed by atoms with Crippen molar-refractivity contribution >= 4 is 33.4 Å². The van der Waals surface area contributed by atoms with Crippen LogP contribution in [-0.2, 0) is 9.59 Å². The molecule has 1 aliphatic rings. The summed E-state index contributed by atoms with van der Waals surface area (Å²) >= 11 is 3.35. The second kappa shape index (κ2) is 6.85. The van der Waals surface area contributed by atoms with E-state index in [1.807, 2.05) is 24.3 Å². The zero-order chi connectivity index (χ0) is 14.5. The predicted octanol–water partition coefficient (Wildman–Crippen LogP) is 0.168. The van der Waals surface area contributed by atoms with E-state index < -0.39 is 0 Å². The summed E-state index contributed by atoms with van der Waals surface area (Å²) in [7, 11) is 0. The Morgan fingerprint density at radius 2 is 1.85 bits per heavy atom. The number of hydrogen-bond donors (Lipinski definition) is 3. The van der Waals surface area contributed by atoms with E-state index in [0.29, 0.717) is 6.54 Å². The van der Waals surface area contributed by atoms with E-state index in [4.69, 9.17) is 5.73 Å². The number of benzene rings is 1. The van der Waals surface area contributed by atoms with Crippen molar-refractivity contribution in [2.24, 2.45) is 11.7 Å². The fourth-order valence-electron chi connectivity index (χ4n) is 2.45. The number of nitrogens with one attached hydrogen (secondary N) is 2. The topological polar surface area (TPSA) is 76.6 Å². The van der Waals surface area contributed by atoms with Gasteiger partial charge in [0.2, 0.25) is 5.91 Å². The van der Waals surface area contributed by atoms with E-state index in [1.54, 1.807) is 0 Å². The van der Waals surface area contributed by atoms with E-state index in [0.717, 1.165) is 36.1 Å². The molecular formula is C14H19BrN3O2+. The average Bonchev–Trinajstić information content (AvgIpc) is 2.42. The van der Waals surface area contributed by atoms with Crippen LogP contribution < -0.4 is 16.0 Å². The van der Waals surface area contributed by atoms with Gasteiger partial charge in [-0.2, -0.15) is 0 Å². The summed E-state index contributed by atoms with van der Waals surface area (Å²) in [6.07, 6.45) is 1.55. The second-order valence-corrected chi connectivity index (χ2v) is 6.07. The molecule has 5 nitrogen and oxygen atoms in total. The van der Waals surface area contributed by atoms with E-state index in [9.17, 15) is 9.59 Å². The molecule has 0 aromatic heterocycles. The molecule has 1 heterocycles. The first-order valence-electron chi connectivity index (χ1n) is 6.73. The van der Waals surface area contributed by atoms with Gasteiger partial charge in [0.1, 0.15) is 0 Å². The molecule has 2 rings (SSSR count). The van der Waals surface area contributed by atoms with Crippen molar-refractivity contribution in [3.8, 4) is 0 Å². The molecule has 0 bridgehead atoms. The molecule has 20 heavy (non-hydrogen) atoms. The minimum atomic E-state index is -0.219. The third-order valence-corrected chi connectivity index (χ3v) is 4.16. The lowest BCUT2D eigenvalue weighted by Crippen LogP contribution is -3.14. The number of likely N-dealkylation sites (tertiary alicyclic amines) is 1. The van der Waals surface area contributed by atoms with Crippen LogP contribution >= 0.6 is 15.9 Å². The predicted molar refractivity (Wildman–Crippen MR) is 80.3 cm³/mol. The van der Waals surface area contributed by atoms with Crippen LogP contribution in [0.5, 0.6) is 0 Å². The first-order valence-corrected chi connectivity index (χ1v) is 7.52. The van der Waals surface area contributed by atoms with Gasteiger partial charge in [0.15, 0.2) is 6.54 Å². The Morgan fingerprint density at radius 1 is 1.25 bits per heavy atom. The number of quaternary nitrogens is 1. The molecule has 1 aromatic carbocycles. The van der Waals surface area contributed by atoms with Gasteiger partial charge in [-0.3, -0.25) is 9.59 Å². The minimum absolute atomic E-state index is 0.000141. The van der Waals surface area contributed by atoms with Crippen LogP contribution in [0.3, 0.4) is 0 Å². The quantitative estimate of drug-likeness (QED) is 0.730. The van der Waals surface area contributed by atoms with Gasteiger partial charge in [-0.05, 0) is 24.3 Å². The molecular weight excluding hydrogens is 322 g/mol. The average molecular weight is 341 g/mol. The van der Waals surface area contributed by atoms with Crippen LogP contribution in [0, 0.1) is 5.92 Å². The fraction of sp³-hybridized carbons (Fsp3) is 0.429. The van der Waals surface area contributed by atoms with Crippen molar-refractivity contribution in [3.63, 3.8) is 0 Å². The summed E-state index contributed by atoms with van der Waals surface area (Å²) in [5, 5.41) is 2.88. The normalized spacial score (nSPS) is 22.2. The standard InChI is InChI=1S/C14H18BrN3O2/c15-11-1-3-12(4-2-11)17-13(19)9-18-7-5-10(6-8-18)14(16)20/h1-4,10H,5-9H2,(H2,16,20)(H,17,19)/p+1. The molecule has 1 aliphatic heterocycles. The molecule has 0 saturated carbocycles. The smallest absolute Gasteiger partial charge is 0.279 e. The number of halogens is 1. The highest BCUT2D eigenvalue weighted by Crippen LogP contribution is 2.13. The van der Waals surface area contributed by atoms with Crippen molar-refractivity contribution in [2.75, 3.05) is 25.0 Å². The molecule has 1 aromatic rings. The van der Waals surface area contributed by atoms with Crippen LogP contribution in [0.15, 0.2) is 28.7 Å². The van der Waals surface area contributed by atoms with Gasteiger partial charge in [0.05, 0.1) is 13.1 Å². The monoisotopic (exact) mass is 340 g/mol. The number of piperidine rings is 1. The molecule has 2 amide bonds. The number of carbonyl (C=O) groups is 2. The maximum Gasteiger partial charge on any atom is 0.279 e. The summed E-state index contributed by atoms with van der Waals surface area (Å²) < 4.78 is 0.981. The van der Waals surface area contributed by atoms with Gasteiger partial charge < -0.3 is 16.0 Å². The molecule has 0 radical (unpaired) electrons. The Kier molecular flexibility index (Phi) is 5.14. The van der Waals surface area contributed by atoms with E-state index in [-0.39, 0.29) is 17.7 Å². The number of rotatable bonds is 4. The van der Waals surface area contributed by atoms with Gasteiger partial charge >= 0.3 is 0 Å². The Morgan fingerprint density at radius 3 is 2.40 bits per heavy atom. The Labute approximate surface area is 126 Å². The van der Waals surface area contributed by atoms with Crippen molar-refractivity contribution in [3.05, 3.63) is 28.7 Å². The largest absolute Gasteiger partial charge is 0.369 e. The number of primary amides is 1. The van der Waals surface area contributed by atoms with E-state index >= 15 is 0 Å². The van der Waals surface area contributed by atoms with Gasteiger partial charge in [-0.25, -0.2) is 0 Å². The number of amides is 2. The van der Waals surface area contributed by atoms with Crippen LogP contribution in [0.25, 0.3) is 0 Å². The molecule has 1 fully saturated rings. The maximum atomic E-state index is 11.9. The highest BCUT2D eigenvalue weighted by molar-refractivity contribution is 9.10.